The van der Waals surface area contributed by atoms with E-state index in [0.717, 1.165) is 4.88 Å². The number of hydrogen-bond acceptors (Lipinski definition) is 4. The number of hydrogen-bond donors (Lipinski definition) is 2. The predicted octanol–water partition coefficient (Wildman–Crippen LogP) is 3.26. The molecule has 4 nitrogen and oxygen atoms in total. The van der Waals surface area contributed by atoms with Crippen LogP contribution in [0.2, 0.25) is 4.34 Å². The van der Waals surface area contributed by atoms with Gasteiger partial charge in [0, 0.05) is 10.6 Å². The van der Waals surface area contributed by atoms with E-state index in [0.29, 0.717) is 15.8 Å². The van der Waals surface area contributed by atoms with Gasteiger partial charge in [-0.25, -0.2) is 4.79 Å². The second-order valence-electron chi connectivity index (χ2n) is 3.56. The number of nitrogens with two attached hydrogens (primary N) is 1. The van der Waals surface area contributed by atoms with Crippen molar-refractivity contribution in [2.45, 2.75) is 6.61 Å². The zero-order valence-corrected chi connectivity index (χ0v) is 10.8. The quantitative estimate of drug-likeness (QED) is 0.845. The summed E-state index contributed by atoms with van der Waals surface area (Å²) < 4.78 is 6.14. The van der Waals surface area contributed by atoms with E-state index in [-0.39, 0.29) is 12.2 Å². The first-order chi connectivity index (χ1) is 8.56. The van der Waals surface area contributed by atoms with Crippen LogP contribution in [0.1, 0.15) is 15.2 Å². The summed E-state index contributed by atoms with van der Waals surface area (Å²) in [6.07, 6.45) is 0. The highest BCUT2D eigenvalue weighted by molar-refractivity contribution is 7.16. The number of thiophene rings is 1. The molecule has 18 heavy (non-hydrogen) atoms. The molecule has 0 aliphatic rings. The highest BCUT2D eigenvalue weighted by Gasteiger charge is 2.12. The van der Waals surface area contributed by atoms with Gasteiger partial charge in [0.05, 0.1) is 4.34 Å². The Hall–Kier alpha value is -1.72. The van der Waals surface area contributed by atoms with Crippen LogP contribution in [0.3, 0.4) is 0 Å². The van der Waals surface area contributed by atoms with Crippen LogP contribution in [-0.4, -0.2) is 11.1 Å². The van der Waals surface area contributed by atoms with Crippen molar-refractivity contribution in [1.29, 1.82) is 0 Å². The molecule has 0 spiro atoms. The predicted molar refractivity (Wildman–Crippen MR) is 71.5 cm³/mol. The minimum atomic E-state index is -1.07. The molecule has 0 fully saturated rings. The van der Waals surface area contributed by atoms with Gasteiger partial charge >= 0.3 is 5.97 Å². The van der Waals surface area contributed by atoms with Gasteiger partial charge < -0.3 is 15.6 Å². The second kappa shape index (κ2) is 5.29. The van der Waals surface area contributed by atoms with E-state index in [2.05, 4.69) is 0 Å². The summed E-state index contributed by atoms with van der Waals surface area (Å²) in [6.45, 7) is 0.279. The van der Waals surface area contributed by atoms with E-state index in [1.165, 1.54) is 17.4 Å². The molecular formula is C12H10ClNO3S. The van der Waals surface area contributed by atoms with Crippen molar-refractivity contribution in [3.63, 3.8) is 0 Å². The van der Waals surface area contributed by atoms with Crippen LogP contribution in [-0.2, 0) is 6.61 Å². The molecule has 2 aromatic rings. The Morgan fingerprint density at radius 3 is 2.78 bits per heavy atom. The molecule has 0 radical (unpaired) electrons. The molecule has 1 aromatic carbocycles. The number of ether oxygens (including phenoxy) is 1. The Morgan fingerprint density at radius 1 is 1.39 bits per heavy atom. The summed E-state index contributed by atoms with van der Waals surface area (Å²) in [5.41, 5.74) is 5.98. The van der Waals surface area contributed by atoms with Crippen LogP contribution >= 0.6 is 22.9 Å². The number of halogens is 1. The zero-order valence-electron chi connectivity index (χ0n) is 9.22. The molecule has 94 valence electrons. The molecule has 1 aromatic heterocycles. The molecule has 0 atom stereocenters. The maximum absolute atomic E-state index is 11.0. The van der Waals surface area contributed by atoms with Gasteiger partial charge in [0.15, 0.2) is 0 Å². The van der Waals surface area contributed by atoms with E-state index in [4.69, 9.17) is 27.2 Å². The van der Waals surface area contributed by atoms with Crippen molar-refractivity contribution < 1.29 is 14.6 Å². The molecule has 0 aliphatic carbocycles. The fourth-order valence-corrected chi connectivity index (χ4v) is 2.42. The number of aromatic carboxylic acids is 1. The van der Waals surface area contributed by atoms with E-state index >= 15 is 0 Å². The summed E-state index contributed by atoms with van der Waals surface area (Å²) in [6, 6.07) is 8.13. The smallest absolute Gasteiger partial charge is 0.339 e. The van der Waals surface area contributed by atoms with Gasteiger partial charge in [-0.1, -0.05) is 11.6 Å². The number of carboxylic acid groups (broad SMARTS) is 1. The Balaban J connectivity index is 2.16. The third kappa shape index (κ3) is 2.94. The van der Waals surface area contributed by atoms with Crippen molar-refractivity contribution in [2.75, 3.05) is 5.73 Å². The van der Waals surface area contributed by atoms with Crippen LogP contribution in [0.15, 0.2) is 30.3 Å². The topological polar surface area (TPSA) is 72.5 Å². The lowest BCUT2D eigenvalue weighted by molar-refractivity contribution is 0.0692. The van der Waals surface area contributed by atoms with E-state index < -0.39 is 5.97 Å². The second-order valence-corrected chi connectivity index (χ2v) is 5.35. The Labute approximate surface area is 113 Å². The monoisotopic (exact) mass is 283 g/mol. The van der Waals surface area contributed by atoms with Crippen molar-refractivity contribution >= 4 is 34.6 Å². The van der Waals surface area contributed by atoms with Gasteiger partial charge in [0.2, 0.25) is 0 Å². The maximum Gasteiger partial charge on any atom is 0.339 e. The van der Waals surface area contributed by atoms with E-state index in [1.54, 1.807) is 18.2 Å². The summed E-state index contributed by atoms with van der Waals surface area (Å²) >= 11 is 7.19. The number of anilines is 1. The molecule has 0 saturated carbocycles. The normalized spacial score (nSPS) is 10.3. The van der Waals surface area contributed by atoms with E-state index in [9.17, 15) is 4.79 Å². The van der Waals surface area contributed by atoms with Gasteiger partial charge in [-0.15, -0.1) is 11.3 Å². The number of carbonyl (C=O) groups is 1. The van der Waals surface area contributed by atoms with Crippen molar-refractivity contribution in [2.24, 2.45) is 0 Å². The minimum absolute atomic E-state index is 0.0534. The molecule has 0 unspecified atom stereocenters. The summed E-state index contributed by atoms with van der Waals surface area (Å²) in [5, 5.41) is 9.04. The molecule has 0 amide bonds. The lowest BCUT2D eigenvalue weighted by Crippen LogP contribution is -2.03. The number of carboxylic acids is 1. The van der Waals surface area contributed by atoms with Crippen molar-refractivity contribution in [1.82, 2.24) is 0 Å². The first-order valence-electron chi connectivity index (χ1n) is 5.06. The summed E-state index contributed by atoms with van der Waals surface area (Å²) in [4.78, 5) is 12.0. The molecule has 3 N–H and O–H groups in total. The fraction of sp³-hybridized carbons (Fsp3) is 0.0833. The van der Waals surface area contributed by atoms with Crippen molar-refractivity contribution in [3.05, 3.63) is 45.1 Å². The number of nitrogen functional groups attached to an aromatic ring is 1. The lowest BCUT2D eigenvalue weighted by Gasteiger charge is -2.08. The fourth-order valence-electron chi connectivity index (χ4n) is 1.42. The highest BCUT2D eigenvalue weighted by Crippen LogP contribution is 2.25. The minimum Gasteiger partial charge on any atom is -0.487 e. The van der Waals surface area contributed by atoms with Gasteiger partial charge in [0.25, 0.3) is 0 Å². The van der Waals surface area contributed by atoms with Crippen LogP contribution in [0.25, 0.3) is 0 Å². The third-order valence-electron chi connectivity index (χ3n) is 2.23. The number of rotatable bonds is 4. The zero-order chi connectivity index (χ0) is 13.1. The maximum atomic E-state index is 11.0. The third-order valence-corrected chi connectivity index (χ3v) is 3.44. The molecule has 0 aliphatic heterocycles. The highest BCUT2D eigenvalue weighted by atomic mass is 35.5. The summed E-state index contributed by atoms with van der Waals surface area (Å²) in [7, 11) is 0. The molecule has 0 bridgehead atoms. The SMILES string of the molecule is Nc1ccc(OCc2ccc(Cl)s2)c(C(=O)O)c1. The number of benzene rings is 1. The van der Waals surface area contributed by atoms with Crippen LogP contribution < -0.4 is 10.5 Å². The Bertz CT molecular complexity index is 582. The largest absolute Gasteiger partial charge is 0.487 e. The molecule has 2 rings (SSSR count). The van der Waals surface area contributed by atoms with Crippen LogP contribution in [0, 0.1) is 0 Å². The Kier molecular flexibility index (Phi) is 3.74. The van der Waals surface area contributed by atoms with Gasteiger partial charge in [-0.3, -0.25) is 0 Å². The van der Waals surface area contributed by atoms with Gasteiger partial charge in [0.1, 0.15) is 17.9 Å². The molecule has 1 heterocycles. The lowest BCUT2D eigenvalue weighted by atomic mass is 10.2. The van der Waals surface area contributed by atoms with Crippen LogP contribution in [0.5, 0.6) is 5.75 Å². The summed E-state index contributed by atoms with van der Waals surface area (Å²) in [5.74, 6) is -0.775. The standard InChI is InChI=1S/C12H10ClNO3S/c13-11-4-2-8(18-11)6-17-10-3-1-7(14)5-9(10)12(15)16/h1-5H,6,14H2,(H,15,16). The molecule has 0 saturated heterocycles. The molecular weight excluding hydrogens is 274 g/mol. The van der Waals surface area contributed by atoms with Gasteiger partial charge in [-0.2, -0.15) is 0 Å². The average Bonchev–Trinajstić information content (AvgIpc) is 2.73. The van der Waals surface area contributed by atoms with E-state index in [1.807, 2.05) is 6.07 Å². The van der Waals surface area contributed by atoms with Gasteiger partial charge in [-0.05, 0) is 30.3 Å². The first-order valence-corrected chi connectivity index (χ1v) is 6.25. The van der Waals surface area contributed by atoms with Crippen LogP contribution in [0.4, 0.5) is 5.69 Å². The Morgan fingerprint density at radius 2 is 2.17 bits per heavy atom. The van der Waals surface area contributed by atoms with Crippen molar-refractivity contribution in [3.8, 4) is 5.75 Å². The molecule has 6 heteroatoms. The average molecular weight is 284 g/mol. The first kappa shape index (κ1) is 12.7.